The van der Waals surface area contributed by atoms with E-state index in [0.717, 1.165) is 6.32 Å². The predicted octanol–water partition coefficient (Wildman–Crippen LogP) is 5.56. The van der Waals surface area contributed by atoms with E-state index in [1.807, 2.05) is 0 Å². The van der Waals surface area contributed by atoms with Gasteiger partial charge < -0.3 is 9.31 Å². The fourth-order valence-corrected chi connectivity index (χ4v) is 7.06. The van der Waals surface area contributed by atoms with E-state index in [2.05, 4.69) is 71.1 Å². The molecule has 1 aromatic rings. The molecule has 1 aliphatic carbocycles. The molecule has 1 heterocycles. The fourth-order valence-electron chi connectivity index (χ4n) is 4.26. The van der Waals surface area contributed by atoms with Gasteiger partial charge in [0.05, 0.1) is 19.3 Å². The van der Waals surface area contributed by atoms with Gasteiger partial charge in [-0.2, -0.15) is 0 Å². The minimum absolute atomic E-state index is 0.0930. The number of hydrogen-bond donors (Lipinski definition) is 0. The van der Waals surface area contributed by atoms with Gasteiger partial charge in [0.25, 0.3) is 0 Å². The van der Waals surface area contributed by atoms with Crippen LogP contribution < -0.4 is 5.19 Å². The molecule has 0 aromatic heterocycles. The van der Waals surface area contributed by atoms with E-state index < -0.39 is 8.07 Å². The lowest BCUT2D eigenvalue weighted by Crippen LogP contribution is -2.41. The number of allylic oxidation sites excluding steroid dienone is 2. The Kier molecular flexibility index (Phi) is 5.58. The van der Waals surface area contributed by atoms with Gasteiger partial charge >= 0.3 is 7.12 Å². The normalized spacial score (nSPS) is 22.8. The first-order chi connectivity index (χ1) is 12.1. The second kappa shape index (κ2) is 7.29. The van der Waals surface area contributed by atoms with Crippen molar-refractivity contribution in [1.82, 2.24) is 0 Å². The van der Waals surface area contributed by atoms with Crippen molar-refractivity contribution in [3.63, 3.8) is 0 Å². The molecule has 1 saturated heterocycles. The molecule has 26 heavy (non-hydrogen) atoms. The van der Waals surface area contributed by atoms with Gasteiger partial charge in [0, 0.05) is 6.32 Å². The van der Waals surface area contributed by atoms with E-state index in [1.54, 1.807) is 16.3 Å². The zero-order valence-electron chi connectivity index (χ0n) is 17.5. The highest BCUT2D eigenvalue weighted by Crippen LogP contribution is 2.41. The van der Waals surface area contributed by atoms with E-state index in [-0.39, 0.29) is 18.3 Å². The van der Waals surface area contributed by atoms with Crippen LogP contribution in [0.25, 0.3) is 0 Å². The smallest absolute Gasteiger partial charge is 0.403 e. The lowest BCUT2D eigenvalue weighted by Gasteiger charge is -2.32. The molecule has 0 atom stereocenters. The summed E-state index contributed by atoms with van der Waals surface area (Å²) in [6, 6.07) is 12.4. The van der Waals surface area contributed by atoms with Crippen LogP contribution in [-0.4, -0.2) is 26.4 Å². The van der Waals surface area contributed by atoms with Crippen LogP contribution in [0.3, 0.4) is 0 Å². The molecule has 0 saturated carbocycles. The van der Waals surface area contributed by atoms with Crippen molar-refractivity contribution in [2.75, 3.05) is 0 Å². The van der Waals surface area contributed by atoms with Crippen molar-refractivity contribution in [2.24, 2.45) is 0 Å². The Balaban J connectivity index is 1.77. The maximum atomic E-state index is 6.28. The van der Waals surface area contributed by atoms with Gasteiger partial charge in [-0.1, -0.05) is 59.8 Å². The second-order valence-electron chi connectivity index (χ2n) is 9.73. The van der Waals surface area contributed by atoms with Crippen LogP contribution in [0.2, 0.25) is 25.5 Å². The summed E-state index contributed by atoms with van der Waals surface area (Å²) in [4.78, 5) is 0. The number of benzene rings is 1. The van der Waals surface area contributed by atoms with Gasteiger partial charge in [0.15, 0.2) is 0 Å². The summed E-state index contributed by atoms with van der Waals surface area (Å²) in [7, 11) is -1.55. The average Bonchev–Trinajstić information content (AvgIpc) is 2.77. The molecule has 2 nitrogen and oxygen atoms in total. The first kappa shape index (κ1) is 19.9. The fraction of sp³-hybridized carbons (Fsp3) is 0.636. The van der Waals surface area contributed by atoms with E-state index in [4.69, 9.17) is 9.31 Å². The Labute approximate surface area is 161 Å². The van der Waals surface area contributed by atoms with Crippen molar-refractivity contribution in [3.05, 3.63) is 41.5 Å². The van der Waals surface area contributed by atoms with Crippen LogP contribution in [0.1, 0.15) is 53.4 Å². The Morgan fingerprint density at radius 3 is 2.00 bits per heavy atom. The number of rotatable bonds is 5. The van der Waals surface area contributed by atoms with E-state index >= 15 is 0 Å². The first-order valence-electron chi connectivity index (χ1n) is 10.2. The minimum atomic E-state index is -1.46. The highest BCUT2D eigenvalue weighted by molar-refractivity contribution is 6.90. The second-order valence-corrected chi connectivity index (χ2v) is 14.4. The molecule has 4 heteroatoms. The lowest BCUT2D eigenvalue weighted by atomic mass is 9.75. The Bertz CT molecular complexity index is 648. The molecule has 1 fully saturated rings. The van der Waals surface area contributed by atoms with Gasteiger partial charge in [-0.3, -0.25) is 0 Å². The summed E-state index contributed by atoms with van der Waals surface area (Å²) in [6.07, 6.45) is 6.07. The number of hydrogen-bond acceptors (Lipinski definition) is 2. The standard InChI is InChI=1S/C22H35BO2Si/c1-21(2)22(3,4)25-23(24-21)16-18-12-10-11-13-19(18)17-26(5,6)20-14-8-7-9-15-20/h7-9,14-15H,10-13,16-17H2,1-6H3. The third kappa shape index (κ3) is 4.18. The molecular formula is C22H35BO2Si. The van der Waals surface area contributed by atoms with E-state index in [9.17, 15) is 0 Å². The van der Waals surface area contributed by atoms with Gasteiger partial charge in [-0.05, 0) is 59.4 Å². The molecule has 0 unspecified atom stereocenters. The average molecular weight is 370 g/mol. The van der Waals surface area contributed by atoms with Crippen LogP contribution in [0, 0.1) is 0 Å². The van der Waals surface area contributed by atoms with Crippen LogP contribution in [0.15, 0.2) is 41.5 Å². The van der Waals surface area contributed by atoms with Crippen LogP contribution in [-0.2, 0) is 9.31 Å². The van der Waals surface area contributed by atoms with Crippen molar-refractivity contribution in [3.8, 4) is 0 Å². The maximum absolute atomic E-state index is 6.28. The molecule has 0 spiro atoms. The quantitative estimate of drug-likeness (QED) is 0.499. The molecule has 1 aromatic carbocycles. The first-order valence-corrected chi connectivity index (χ1v) is 13.4. The van der Waals surface area contributed by atoms with Gasteiger partial charge in [0.1, 0.15) is 0 Å². The zero-order chi connectivity index (χ0) is 19.0. The predicted molar refractivity (Wildman–Crippen MR) is 115 cm³/mol. The lowest BCUT2D eigenvalue weighted by molar-refractivity contribution is 0.00578. The SMILES string of the molecule is CC1(C)OB(CC2=C(C[Si](C)(C)c3ccccc3)CCCC2)OC1(C)C. The summed E-state index contributed by atoms with van der Waals surface area (Å²) in [6.45, 7) is 13.6. The van der Waals surface area contributed by atoms with E-state index in [1.165, 1.54) is 31.7 Å². The monoisotopic (exact) mass is 370 g/mol. The minimum Gasteiger partial charge on any atom is -0.403 e. The summed E-state index contributed by atoms with van der Waals surface area (Å²) in [5, 5.41) is 1.56. The van der Waals surface area contributed by atoms with Gasteiger partial charge in [-0.15, -0.1) is 0 Å². The molecular weight excluding hydrogens is 335 g/mol. The van der Waals surface area contributed by atoms with Crippen molar-refractivity contribution in [1.29, 1.82) is 0 Å². The third-order valence-corrected chi connectivity index (χ3v) is 9.84. The molecule has 0 bridgehead atoms. The van der Waals surface area contributed by atoms with Crippen molar-refractivity contribution < 1.29 is 9.31 Å². The Morgan fingerprint density at radius 1 is 0.885 bits per heavy atom. The molecule has 1 aliphatic heterocycles. The third-order valence-electron chi connectivity index (χ3n) is 6.63. The Morgan fingerprint density at radius 2 is 1.42 bits per heavy atom. The highest BCUT2D eigenvalue weighted by atomic mass is 28.3. The molecule has 0 N–H and O–H groups in total. The summed E-state index contributed by atoms with van der Waals surface area (Å²) in [5.74, 6) is 0. The highest BCUT2D eigenvalue weighted by Gasteiger charge is 2.51. The summed E-state index contributed by atoms with van der Waals surface area (Å²) < 4.78 is 12.6. The maximum Gasteiger partial charge on any atom is 0.462 e. The summed E-state index contributed by atoms with van der Waals surface area (Å²) >= 11 is 0. The topological polar surface area (TPSA) is 18.5 Å². The molecule has 3 rings (SSSR count). The van der Waals surface area contributed by atoms with Gasteiger partial charge in [0.2, 0.25) is 0 Å². The van der Waals surface area contributed by atoms with Crippen molar-refractivity contribution >= 4 is 20.4 Å². The van der Waals surface area contributed by atoms with Gasteiger partial charge in [-0.25, -0.2) is 0 Å². The largest absolute Gasteiger partial charge is 0.462 e. The van der Waals surface area contributed by atoms with Crippen LogP contribution in [0.5, 0.6) is 0 Å². The van der Waals surface area contributed by atoms with E-state index in [0.29, 0.717) is 0 Å². The van der Waals surface area contributed by atoms with Crippen LogP contribution >= 0.6 is 0 Å². The molecule has 2 aliphatic rings. The zero-order valence-corrected chi connectivity index (χ0v) is 18.5. The molecule has 0 amide bonds. The van der Waals surface area contributed by atoms with Crippen LogP contribution in [0.4, 0.5) is 0 Å². The molecule has 142 valence electrons. The molecule has 0 radical (unpaired) electrons. The summed E-state index contributed by atoms with van der Waals surface area (Å²) in [5.41, 5.74) is 2.86. The Hall–Kier alpha value is -0.838. The van der Waals surface area contributed by atoms with Crippen molar-refractivity contribution in [2.45, 2.75) is 90.0 Å².